The van der Waals surface area contributed by atoms with Crippen molar-refractivity contribution in [2.75, 3.05) is 14.2 Å². The average Bonchev–Trinajstić information content (AvgIpc) is 2.79. The van der Waals surface area contributed by atoms with E-state index >= 15 is 0 Å². The Kier molecular flexibility index (Phi) is 7.43. The Bertz CT molecular complexity index is 990. The van der Waals surface area contributed by atoms with Crippen LogP contribution < -0.4 is 0 Å². The van der Waals surface area contributed by atoms with Crippen LogP contribution in [0.1, 0.15) is 30.1 Å². The topological polar surface area (TPSA) is 71.1 Å². The van der Waals surface area contributed by atoms with Gasteiger partial charge in [0.05, 0.1) is 13.2 Å². The lowest BCUT2D eigenvalue weighted by molar-refractivity contribution is -0.278. The molecule has 0 aliphatic carbocycles. The van der Waals surface area contributed by atoms with Crippen molar-refractivity contribution in [3.8, 4) is 0 Å². The van der Waals surface area contributed by atoms with Crippen LogP contribution in [0, 0.1) is 0 Å². The highest BCUT2D eigenvalue weighted by Gasteiger charge is 2.64. The SMILES string of the molecule is COC1=CC(=O)O[C@@H](C[C@H](OC(=O)[C@](OC)(c2ccccc2)C(F)(F)F)c2ccccc2)C1. The second-order valence-corrected chi connectivity index (χ2v) is 7.37. The Morgan fingerprint density at radius 1 is 1.06 bits per heavy atom. The molecule has 0 bridgehead atoms. The van der Waals surface area contributed by atoms with Gasteiger partial charge in [0.1, 0.15) is 18.0 Å². The fourth-order valence-corrected chi connectivity index (χ4v) is 3.69. The van der Waals surface area contributed by atoms with Crippen molar-refractivity contribution in [2.24, 2.45) is 0 Å². The number of cyclic esters (lactones) is 1. The zero-order valence-electron chi connectivity index (χ0n) is 18.0. The molecule has 2 aromatic rings. The summed E-state index contributed by atoms with van der Waals surface area (Å²) in [5, 5.41) is 0. The number of hydrogen-bond donors (Lipinski definition) is 0. The second-order valence-electron chi connectivity index (χ2n) is 7.37. The maximum Gasteiger partial charge on any atom is 0.432 e. The highest BCUT2D eigenvalue weighted by Crippen LogP contribution is 2.44. The Morgan fingerprint density at radius 2 is 1.67 bits per heavy atom. The van der Waals surface area contributed by atoms with Gasteiger partial charge in [-0.1, -0.05) is 60.7 Å². The van der Waals surface area contributed by atoms with Crippen molar-refractivity contribution < 1.29 is 41.7 Å². The van der Waals surface area contributed by atoms with E-state index in [1.165, 1.54) is 31.4 Å². The van der Waals surface area contributed by atoms with Gasteiger partial charge in [-0.05, 0) is 5.56 Å². The molecule has 6 nitrogen and oxygen atoms in total. The Balaban J connectivity index is 1.95. The molecule has 176 valence electrons. The lowest BCUT2D eigenvalue weighted by Crippen LogP contribution is -2.52. The first-order valence-electron chi connectivity index (χ1n) is 10.1. The van der Waals surface area contributed by atoms with Crippen LogP contribution in [0.2, 0.25) is 0 Å². The molecule has 2 aromatic carbocycles. The molecule has 3 rings (SSSR count). The summed E-state index contributed by atoms with van der Waals surface area (Å²) in [7, 11) is 2.20. The summed E-state index contributed by atoms with van der Waals surface area (Å²) in [6.45, 7) is 0. The Labute approximate surface area is 188 Å². The van der Waals surface area contributed by atoms with E-state index in [4.69, 9.17) is 18.9 Å². The van der Waals surface area contributed by atoms with Gasteiger partial charge in [-0.15, -0.1) is 0 Å². The Morgan fingerprint density at radius 3 is 2.21 bits per heavy atom. The van der Waals surface area contributed by atoms with E-state index in [-0.39, 0.29) is 12.8 Å². The van der Waals surface area contributed by atoms with E-state index in [9.17, 15) is 22.8 Å². The van der Waals surface area contributed by atoms with Crippen molar-refractivity contribution in [1.29, 1.82) is 0 Å². The number of hydrogen-bond acceptors (Lipinski definition) is 6. The van der Waals surface area contributed by atoms with Crippen LogP contribution >= 0.6 is 0 Å². The van der Waals surface area contributed by atoms with E-state index in [0.29, 0.717) is 11.3 Å². The number of alkyl halides is 3. The van der Waals surface area contributed by atoms with Crippen LogP contribution in [-0.4, -0.2) is 38.4 Å². The molecular weight excluding hydrogens is 441 g/mol. The number of ether oxygens (including phenoxy) is 4. The first-order valence-corrected chi connectivity index (χ1v) is 10.1. The molecule has 3 atom stereocenters. The molecule has 0 spiro atoms. The molecule has 0 aromatic heterocycles. The average molecular weight is 464 g/mol. The van der Waals surface area contributed by atoms with Crippen molar-refractivity contribution in [3.05, 3.63) is 83.6 Å². The minimum Gasteiger partial charge on any atom is -0.501 e. The number of rotatable bonds is 8. The molecule has 0 saturated heterocycles. The number of methoxy groups -OCH3 is 2. The van der Waals surface area contributed by atoms with Gasteiger partial charge in [0.25, 0.3) is 5.60 Å². The van der Waals surface area contributed by atoms with Crippen molar-refractivity contribution in [2.45, 2.75) is 36.8 Å². The fourth-order valence-electron chi connectivity index (χ4n) is 3.69. The van der Waals surface area contributed by atoms with E-state index in [1.807, 2.05) is 0 Å². The number of halogens is 3. The maximum atomic E-state index is 14.3. The van der Waals surface area contributed by atoms with E-state index in [0.717, 1.165) is 19.2 Å². The normalized spacial score (nSPS) is 19.0. The third kappa shape index (κ3) is 5.19. The van der Waals surface area contributed by atoms with Crippen LogP contribution in [0.3, 0.4) is 0 Å². The molecule has 0 N–H and O–H groups in total. The van der Waals surface area contributed by atoms with E-state index in [1.54, 1.807) is 30.3 Å². The lowest BCUT2D eigenvalue weighted by Gasteiger charge is -2.34. The molecule has 0 radical (unpaired) electrons. The van der Waals surface area contributed by atoms with Gasteiger partial charge < -0.3 is 18.9 Å². The zero-order chi connectivity index (χ0) is 24.1. The summed E-state index contributed by atoms with van der Waals surface area (Å²) in [6, 6.07) is 14.8. The summed E-state index contributed by atoms with van der Waals surface area (Å²) in [5.74, 6) is -1.91. The van der Waals surface area contributed by atoms with Gasteiger partial charge >= 0.3 is 18.1 Å². The monoisotopic (exact) mass is 464 g/mol. The first-order chi connectivity index (χ1) is 15.7. The van der Waals surface area contributed by atoms with Crippen molar-refractivity contribution in [1.82, 2.24) is 0 Å². The standard InChI is InChI=1S/C24H23F3O6/c1-30-18-13-19(32-21(28)15-18)14-20(16-9-5-3-6-10-16)33-22(29)23(31-2,24(25,26)27)17-11-7-4-8-12-17/h3-12,15,19-20H,13-14H2,1-2H3/t19-,20+,23-/m1/s1. The summed E-state index contributed by atoms with van der Waals surface area (Å²) in [5.41, 5.74) is -3.30. The van der Waals surface area contributed by atoms with Crippen LogP contribution in [-0.2, 0) is 34.1 Å². The van der Waals surface area contributed by atoms with Crippen molar-refractivity contribution in [3.63, 3.8) is 0 Å². The number of carbonyl (C=O) groups is 2. The summed E-state index contributed by atoms with van der Waals surface area (Å²) >= 11 is 0. The van der Waals surface area contributed by atoms with Crippen LogP contribution in [0.15, 0.2) is 72.5 Å². The number of benzene rings is 2. The van der Waals surface area contributed by atoms with E-state index < -0.39 is 41.5 Å². The molecule has 1 heterocycles. The third-order valence-corrected chi connectivity index (χ3v) is 5.32. The molecule has 9 heteroatoms. The summed E-state index contributed by atoms with van der Waals surface area (Å²) < 4.78 is 63.4. The summed E-state index contributed by atoms with van der Waals surface area (Å²) in [6.07, 6.45) is -5.71. The molecule has 0 saturated carbocycles. The van der Waals surface area contributed by atoms with Gasteiger partial charge in [0.2, 0.25) is 0 Å². The zero-order valence-corrected chi connectivity index (χ0v) is 18.0. The number of esters is 2. The van der Waals surface area contributed by atoms with E-state index in [2.05, 4.69) is 0 Å². The van der Waals surface area contributed by atoms with Gasteiger partial charge in [-0.3, -0.25) is 0 Å². The molecule has 33 heavy (non-hydrogen) atoms. The molecule has 0 unspecified atom stereocenters. The van der Waals surface area contributed by atoms with Crippen LogP contribution in [0.25, 0.3) is 0 Å². The minimum atomic E-state index is -5.11. The molecular formula is C24H23F3O6. The number of carbonyl (C=O) groups excluding carboxylic acids is 2. The second kappa shape index (κ2) is 10.1. The van der Waals surface area contributed by atoms with Gasteiger partial charge in [0.15, 0.2) is 0 Å². The lowest BCUT2D eigenvalue weighted by atomic mass is 9.92. The maximum absolute atomic E-state index is 14.3. The van der Waals surface area contributed by atoms with Gasteiger partial charge in [-0.2, -0.15) is 13.2 Å². The molecule has 0 amide bonds. The van der Waals surface area contributed by atoms with Crippen LogP contribution in [0.5, 0.6) is 0 Å². The van der Waals surface area contributed by atoms with Crippen molar-refractivity contribution >= 4 is 11.9 Å². The fraction of sp³-hybridized carbons (Fsp3) is 0.333. The third-order valence-electron chi connectivity index (χ3n) is 5.32. The predicted molar refractivity (Wildman–Crippen MR) is 111 cm³/mol. The molecule has 1 aliphatic rings. The highest BCUT2D eigenvalue weighted by molar-refractivity contribution is 5.84. The Hall–Kier alpha value is -3.33. The smallest absolute Gasteiger partial charge is 0.432 e. The van der Waals surface area contributed by atoms with Gasteiger partial charge in [-0.25, -0.2) is 9.59 Å². The first kappa shape index (κ1) is 24.3. The largest absolute Gasteiger partial charge is 0.501 e. The highest BCUT2D eigenvalue weighted by atomic mass is 19.4. The quantitative estimate of drug-likeness (QED) is 0.532. The predicted octanol–water partition coefficient (Wildman–Crippen LogP) is 4.61. The minimum absolute atomic E-state index is 0.0748. The molecule has 1 aliphatic heterocycles. The van der Waals surface area contributed by atoms with Gasteiger partial charge in [0, 0.05) is 25.5 Å². The van der Waals surface area contributed by atoms with Crippen LogP contribution in [0.4, 0.5) is 13.2 Å². The molecule has 0 fully saturated rings. The summed E-state index contributed by atoms with van der Waals surface area (Å²) in [4.78, 5) is 25.0.